The molecule has 1 atom stereocenters. The number of rotatable bonds is 5. The summed E-state index contributed by atoms with van der Waals surface area (Å²) < 4.78 is 5.58. The maximum atomic E-state index is 12.8. The van der Waals surface area contributed by atoms with Gasteiger partial charge < -0.3 is 9.32 Å². The molecular weight excluding hydrogens is 352 g/mol. The number of carbonyl (C=O) groups excluding carboxylic acids is 1. The Bertz CT molecular complexity index is 645. The highest BCUT2D eigenvalue weighted by molar-refractivity contribution is 5.79. The van der Waals surface area contributed by atoms with E-state index in [1.54, 1.807) is 0 Å². The van der Waals surface area contributed by atoms with Crippen molar-refractivity contribution in [3.05, 3.63) is 17.8 Å². The lowest BCUT2D eigenvalue weighted by Gasteiger charge is -2.42. The van der Waals surface area contributed by atoms with Crippen LogP contribution in [0.1, 0.15) is 69.9 Å². The van der Waals surface area contributed by atoms with Gasteiger partial charge in [0.05, 0.1) is 11.6 Å². The van der Waals surface area contributed by atoms with Crippen LogP contribution < -0.4 is 0 Å². The number of hydrogen-bond acceptors (Lipinski definition) is 5. The smallest absolute Gasteiger partial charge is 0.226 e. The first-order chi connectivity index (χ1) is 13.6. The minimum Gasteiger partial charge on any atom is -0.448 e. The van der Waals surface area contributed by atoms with Crippen molar-refractivity contribution in [3.8, 4) is 0 Å². The number of nitrogens with zero attached hydrogens (tertiary/aromatic N) is 4. The van der Waals surface area contributed by atoms with Gasteiger partial charge in [-0.1, -0.05) is 13.8 Å². The lowest BCUT2D eigenvalue weighted by atomic mass is 9.93. The highest BCUT2D eigenvalue weighted by Crippen LogP contribution is 2.26. The summed E-state index contributed by atoms with van der Waals surface area (Å²) in [6.07, 6.45) is 8.83. The van der Waals surface area contributed by atoms with Gasteiger partial charge in [0, 0.05) is 51.2 Å². The third-order valence-corrected chi connectivity index (χ3v) is 6.74. The standard InChI is InChI=1S/C22H36N4O2/c1-17(2)21-23-19(16-28-21)15-24-12-7-20(8-13-24)26-11-5-6-18(14-26)22(27)25-9-3-4-10-25/h16-18,20H,3-15H2,1-2H3/t18-/m0/s1. The van der Waals surface area contributed by atoms with Crippen molar-refractivity contribution in [1.29, 1.82) is 0 Å². The van der Waals surface area contributed by atoms with Crippen molar-refractivity contribution >= 4 is 5.91 Å². The third-order valence-electron chi connectivity index (χ3n) is 6.74. The van der Waals surface area contributed by atoms with Gasteiger partial charge in [0.2, 0.25) is 5.91 Å². The molecule has 3 saturated heterocycles. The van der Waals surface area contributed by atoms with Crippen LogP contribution in [0.25, 0.3) is 0 Å². The monoisotopic (exact) mass is 388 g/mol. The van der Waals surface area contributed by atoms with Crippen molar-refractivity contribution in [2.24, 2.45) is 5.92 Å². The van der Waals surface area contributed by atoms with E-state index in [9.17, 15) is 4.79 Å². The summed E-state index contributed by atoms with van der Waals surface area (Å²) in [6.45, 7) is 11.4. The van der Waals surface area contributed by atoms with Crippen molar-refractivity contribution in [1.82, 2.24) is 19.7 Å². The SMILES string of the molecule is CC(C)c1nc(CN2CCC(N3CCC[C@H](C(=O)N4CCCC4)C3)CC2)co1. The number of aromatic nitrogens is 1. The molecule has 0 N–H and O–H groups in total. The largest absolute Gasteiger partial charge is 0.448 e. The molecule has 3 aliphatic rings. The Morgan fingerprint density at radius 1 is 1.11 bits per heavy atom. The van der Waals surface area contributed by atoms with E-state index in [1.807, 2.05) is 6.26 Å². The third kappa shape index (κ3) is 4.60. The number of hydrogen-bond donors (Lipinski definition) is 0. The van der Waals surface area contributed by atoms with E-state index < -0.39 is 0 Å². The highest BCUT2D eigenvalue weighted by atomic mass is 16.3. The Hall–Kier alpha value is -1.40. The van der Waals surface area contributed by atoms with Crippen molar-refractivity contribution in [2.75, 3.05) is 39.3 Å². The molecule has 6 heteroatoms. The number of oxazole rings is 1. The van der Waals surface area contributed by atoms with Crippen LogP contribution in [0.4, 0.5) is 0 Å². The molecule has 0 aliphatic carbocycles. The minimum absolute atomic E-state index is 0.231. The molecule has 4 rings (SSSR count). The Balaban J connectivity index is 1.25. The molecule has 1 amide bonds. The Labute approximate surface area is 169 Å². The molecule has 3 aliphatic heterocycles. The second-order valence-corrected chi connectivity index (χ2v) is 9.21. The zero-order valence-corrected chi connectivity index (χ0v) is 17.6. The average molecular weight is 389 g/mol. The van der Waals surface area contributed by atoms with E-state index in [-0.39, 0.29) is 5.92 Å². The molecule has 28 heavy (non-hydrogen) atoms. The van der Waals surface area contributed by atoms with Crippen LogP contribution in [0.3, 0.4) is 0 Å². The summed E-state index contributed by atoms with van der Waals surface area (Å²) in [7, 11) is 0. The lowest BCUT2D eigenvalue weighted by Crippen LogP contribution is -2.51. The maximum Gasteiger partial charge on any atom is 0.226 e. The summed E-state index contributed by atoms with van der Waals surface area (Å²) in [5.41, 5.74) is 1.05. The van der Waals surface area contributed by atoms with E-state index in [4.69, 9.17) is 4.42 Å². The quantitative estimate of drug-likeness (QED) is 0.776. The number of amides is 1. The van der Waals surface area contributed by atoms with Gasteiger partial charge in [-0.3, -0.25) is 14.6 Å². The maximum absolute atomic E-state index is 12.8. The van der Waals surface area contributed by atoms with E-state index in [0.29, 0.717) is 17.9 Å². The van der Waals surface area contributed by atoms with E-state index >= 15 is 0 Å². The van der Waals surface area contributed by atoms with Crippen LogP contribution >= 0.6 is 0 Å². The van der Waals surface area contributed by atoms with Gasteiger partial charge in [0.15, 0.2) is 5.89 Å². The van der Waals surface area contributed by atoms with Crippen LogP contribution in [0.5, 0.6) is 0 Å². The van der Waals surface area contributed by atoms with E-state index in [1.165, 1.54) is 32.1 Å². The molecule has 6 nitrogen and oxygen atoms in total. The predicted molar refractivity (Wildman–Crippen MR) is 109 cm³/mol. The van der Waals surface area contributed by atoms with Gasteiger partial charge in [-0.05, 0) is 45.1 Å². The lowest BCUT2D eigenvalue weighted by molar-refractivity contribution is -0.136. The molecule has 0 saturated carbocycles. The summed E-state index contributed by atoms with van der Waals surface area (Å²) in [5.74, 6) is 1.84. The molecular formula is C22H36N4O2. The normalized spacial score (nSPS) is 25.7. The summed E-state index contributed by atoms with van der Waals surface area (Å²) in [6, 6.07) is 0.633. The molecule has 3 fully saturated rings. The van der Waals surface area contributed by atoms with Crippen LogP contribution in [-0.4, -0.2) is 70.9 Å². The van der Waals surface area contributed by atoms with Crippen molar-refractivity contribution < 1.29 is 9.21 Å². The Morgan fingerprint density at radius 2 is 1.86 bits per heavy atom. The van der Waals surface area contributed by atoms with E-state index in [0.717, 1.165) is 63.8 Å². The first-order valence-corrected chi connectivity index (χ1v) is 11.3. The molecule has 156 valence electrons. The van der Waals surface area contributed by atoms with Gasteiger partial charge in [-0.15, -0.1) is 0 Å². The van der Waals surface area contributed by atoms with Gasteiger partial charge in [0.1, 0.15) is 6.26 Å². The summed E-state index contributed by atoms with van der Waals surface area (Å²) in [5, 5.41) is 0. The van der Waals surface area contributed by atoms with Crippen molar-refractivity contribution in [2.45, 2.75) is 70.9 Å². The zero-order valence-electron chi connectivity index (χ0n) is 17.6. The van der Waals surface area contributed by atoms with Crippen LogP contribution in [-0.2, 0) is 11.3 Å². The molecule has 0 bridgehead atoms. The van der Waals surface area contributed by atoms with Gasteiger partial charge in [0.25, 0.3) is 0 Å². The topological polar surface area (TPSA) is 52.8 Å². The molecule has 1 aromatic rings. The highest BCUT2D eigenvalue weighted by Gasteiger charge is 2.34. The fourth-order valence-electron chi connectivity index (χ4n) is 5.07. The first kappa shape index (κ1) is 19.9. The van der Waals surface area contributed by atoms with Crippen molar-refractivity contribution in [3.63, 3.8) is 0 Å². The second kappa shape index (κ2) is 8.95. The first-order valence-electron chi connectivity index (χ1n) is 11.3. The average Bonchev–Trinajstić information content (AvgIpc) is 3.40. The van der Waals surface area contributed by atoms with Gasteiger partial charge in [-0.25, -0.2) is 4.98 Å². The number of piperidine rings is 2. The molecule has 0 spiro atoms. The van der Waals surface area contributed by atoms with Crippen LogP contribution in [0.2, 0.25) is 0 Å². The molecule has 0 unspecified atom stereocenters. The summed E-state index contributed by atoms with van der Waals surface area (Å²) >= 11 is 0. The van der Waals surface area contributed by atoms with Gasteiger partial charge in [-0.2, -0.15) is 0 Å². The van der Waals surface area contributed by atoms with Gasteiger partial charge >= 0.3 is 0 Å². The molecule has 0 radical (unpaired) electrons. The van der Waals surface area contributed by atoms with Crippen LogP contribution in [0, 0.1) is 5.92 Å². The minimum atomic E-state index is 0.231. The fraction of sp³-hybridized carbons (Fsp3) is 0.818. The number of carbonyl (C=O) groups is 1. The summed E-state index contributed by atoms with van der Waals surface area (Å²) in [4.78, 5) is 24.7. The molecule has 0 aromatic carbocycles. The zero-order chi connectivity index (χ0) is 19.5. The molecule has 4 heterocycles. The Morgan fingerprint density at radius 3 is 2.54 bits per heavy atom. The predicted octanol–water partition coefficient (Wildman–Crippen LogP) is 3.10. The van der Waals surface area contributed by atoms with E-state index in [2.05, 4.69) is 33.5 Å². The fourth-order valence-corrected chi connectivity index (χ4v) is 5.07. The molecule has 1 aromatic heterocycles. The number of likely N-dealkylation sites (tertiary alicyclic amines) is 3. The van der Waals surface area contributed by atoms with Crippen LogP contribution in [0.15, 0.2) is 10.7 Å². The second-order valence-electron chi connectivity index (χ2n) is 9.21. The Kier molecular flexibility index (Phi) is 6.36.